The van der Waals surface area contributed by atoms with Gasteiger partial charge in [-0.25, -0.2) is 8.78 Å². The van der Waals surface area contributed by atoms with E-state index in [-0.39, 0.29) is 5.75 Å². The van der Waals surface area contributed by atoms with Crippen molar-refractivity contribution in [3.8, 4) is 5.75 Å². The minimum absolute atomic E-state index is 0.204. The van der Waals surface area contributed by atoms with Crippen molar-refractivity contribution in [3.63, 3.8) is 0 Å². The minimum Gasteiger partial charge on any atom is -0.496 e. The summed E-state index contributed by atoms with van der Waals surface area (Å²) in [6, 6.07) is 2.01. The van der Waals surface area contributed by atoms with Gasteiger partial charge >= 0.3 is 0 Å². The Kier molecular flexibility index (Phi) is 5.31. The van der Waals surface area contributed by atoms with Crippen molar-refractivity contribution in [2.75, 3.05) is 20.3 Å². The smallest absolute Gasteiger partial charge is 0.187 e. The lowest BCUT2D eigenvalue weighted by atomic mass is 10.1. The Hall–Kier alpha value is -1.20. The third-order valence-electron chi connectivity index (χ3n) is 2.16. The Morgan fingerprint density at radius 2 is 1.59 bits per heavy atom. The number of halogens is 2. The van der Waals surface area contributed by atoms with E-state index in [0.717, 1.165) is 12.1 Å². The maximum atomic E-state index is 13.2. The van der Waals surface area contributed by atoms with E-state index in [0.29, 0.717) is 18.8 Å². The molecule has 0 atom stereocenters. The van der Waals surface area contributed by atoms with Crippen molar-refractivity contribution in [2.24, 2.45) is 0 Å². The van der Waals surface area contributed by atoms with Gasteiger partial charge in [0.1, 0.15) is 5.75 Å². The average Bonchev–Trinajstić information content (AvgIpc) is 2.32. The molecule has 0 bridgehead atoms. The van der Waals surface area contributed by atoms with Crippen molar-refractivity contribution in [1.82, 2.24) is 0 Å². The van der Waals surface area contributed by atoms with Gasteiger partial charge in [0.05, 0.1) is 12.7 Å². The quantitative estimate of drug-likeness (QED) is 0.722. The van der Waals surface area contributed by atoms with Gasteiger partial charge in [-0.15, -0.1) is 0 Å². The highest BCUT2D eigenvalue weighted by molar-refractivity contribution is 5.35. The fraction of sp³-hybridized carbons (Fsp3) is 0.500. The molecule has 0 heterocycles. The largest absolute Gasteiger partial charge is 0.496 e. The van der Waals surface area contributed by atoms with E-state index in [4.69, 9.17) is 14.2 Å². The third-order valence-corrected chi connectivity index (χ3v) is 2.16. The molecule has 0 aromatic heterocycles. The van der Waals surface area contributed by atoms with Crippen molar-refractivity contribution < 1.29 is 23.0 Å². The summed E-state index contributed by atoms with van der Waals surface area (Å²) in [5.41, 5.74) is 0.343. The molecule has 1 rings (SSSR count). The van der Waals surface area contributed by atoms with Crippen LogP contribution in [0.15, 0.2) is 12.1 Å². The van der Waals surface area contributed by atoms with Crippen molar-refractivity contribution in [1.29, 1.82) is 0 Å². The summed E-state index contributed by atoms with van der Waals surface area (Å²) in [4.78, 5) is 0. The molecule has 0 N–H and O–H groups in total. The molecule has 0 saturated heterocycles. The van der Waals surface area contributed by atoms with Crippen LogP contribution < -0.4 is 4.74 Å². The monoisotopic (exact) mass is 246 g/mol. The van der Waals surface area contributed by atoms with Crippen LogP contribution in [0.5, 0.6) is 5.75 Å². The van der Waals surface area contributed by atoms with Gasteiger partial charge in [-0.2, -0.15) is 0 Å². The molecule has 0 amide bonds. The molecule has 0 aliphatic heterocycles. The molecule has 3 nitrogen and oxygen atoms in total. The van der Waals surface area contributed by atoms with Gasteiger partial charge in [0.2, 0.25) is 0 Å². The molecule has 1 aromatic carbocycles. The maximum absolute atomic E-state index is 13.2. The molecule has 5 heteroatoms. The number of benzene rings is 1. The SMILES string of the molecule is CCOC(OCC)c1cc(F)c(F)cc1OC. The Morgan fingerprint density at radius 3 is 2.06 bits per heavy atom. The Morgan fingerprint density at radius 1 is 1.06 bits per heavy atom. The van der Waals surface area contributed by atoms with Crippen LogP contribution in [0.3, 0.4) is 0 Å². The van der Waals surface area contributed by atoms with Crippen LogP contribution in [0.2, 0.25) is 0 Å². The number of rotatable bonds is 6. The maximum Gasteiger partial charge on any atom is 0.187 e. The molecule has 0 radical (unpaired) electrons. The van der Waals surface area contributed by atoms with E-state index in [2.05, 4.69) is 0 Å². The molecule has 1 aromatic rings. The zero-order valence-corrected chi connectivity index (χ0v) is 10.1. The predicted octanol–water partition coefficient (Wildman–Crippen LogP) is 3.05. The number of hydrogen-bond acceptors (Lipinski definition) is 3. The first-order valence-corrected chi connectivity index (χ1v) is 5.40. The molecule has 0 saturated carbocycles. The van der Waals surface area contributed by atoms with E-state index in [1.165, 1.54) is 7.11 Å². The summed E-state index contributed by atoms with van der Waals surface area (Å²) in [7, 11) is 1.38. The van der Waals surface area contributed by atoms with E-state index in [9.17, 15) is 8.78 Å². The fourth-order valence-corrected chi connectivity index (χ4v) is 1.44. The van der Waals surface area contributed by atoms with Gasteiger partial charge in [-0.05, 0) is 19.9 Å². The first kappa shape index (κ1) is 13.9. The number of methoxy groups -OCH3 is 1. The topological polar surface area (TPSA) is 27.7 Å². The van der Waals surface area contributed by atoms with Gasteiger partial charge in [0.15, 0.2) is 17.9 Å². The first-order valence-electron chi connectivity index (χ1n) is 5.40. The van der Waals surface area contributed by atoms with Crippen LogP contribution in [0.4, 0.5) is 8.78 Å². The van der Waals surface area contributed by atoms with Crippen LogP contribution in [-0.4, -0.2) is 20.3 Å². The van der Waals surface area contributed by atoms with Crippen molar-refractivity contribution in [2.45, 2.75) is 20.1 Å². The highest BCUT2D eigenvalue weighted by Gasteiger charge is 2.19. The van der Waals surface area contributed by atoms with Gasteiger partial charge in [-0.3, -0.25) is 0 Å². The van der Waals surface area contributed by atoms with E-state index in [1.807, 2.05) is 0 Å². The second-order valence-corrected chi connectivity index (χ2v) is 3.25. The van der Waals surface area contributed by atoms with Crippen molar-refractivity contribution >= 4 is 0 Å². The van der Waals surface area contributed by atoms with Crippen LogP contribution in [-0.2, 0) is 9.47 Å². The van der Waals surface area contributed by atoms with Crippen LogP contribution in [0.25, 0.3) is 0 Å². The minimum atomic E-state index is -0.961. The third kappa shape index (κ3) is 3.38. The standard InChI is InChI=1S/C12H16F2O3/c1-4-16-12(17-5-2)8-6-9(13)10(14)7-11(8)15-3/h6-7,12H,4-5H2,1-3H3. The first-order chi connectivity index (χ1) is 8.13. The van der Waals surface area contributed by atoms with E-state index in [1.54, 1.807) is 13.8 Å². The second kappa shape index (κ2) is 6.51. The van der Waals surface area contributed by atoms with Gasteiger partial charge in [0.25, 0.3) is 0 Å². The summed E-state index contributed by atoms with van der Waals surface area (Å²) in [6.07, 6.45) is -0.755. The van der Waals surface area contributed by atoms with Gasteiger partial charge in [0, 0.05) is 19.3 Å². The molecular weight excluding hydrogens is 230 g/mol. The number of ether oxygens (including phenoxy) is 3. The molecule has 96 valence electrons. The number of hydrogen-bond donors (Lipinski definition) is 0. The lowest BCUT2D eigenvalue weighted by Crippen LogP contribution is -2.11. The molecule has 0 aliphatic carbocycles. The Bertz CT molecular complexity index is 363. The molecule has 17 heavy (non-hydrogen) atoms. The molecule has 0 aliphatic rings. The van der Waals surface area contributed by atoms with Gasteiger partial charge < -0.3 is 14.2 Å². The highest BCUT2D eigenvalue weighted by Crippen LogP contribution is 2.30. The molecule has 0 fully saturated rings. The van der Waals surface area contributed by atoms with Crippen LogP contribution in [0.1, 0.15) is 25.7 Å². The summed E-state index contributed by atoms with van der Waals surface area (Å²) in [6.45, 7) is 4.37. The summed E-state index contributed by atoms with van der Waals surface area (Å²) < 4.78 is 41.9. The van der Waals surface area contributed by atoms with Gasteiger partial charge in [-0.1, -0.05) is 0 Å². The zero-order chi connectivity index (χ0) is 12.8. The molecule has 0 spiro atoms. The lowest BCUT2D eigenvalue weighted by Gasteiger charge is -2.19. The summed E-state index contributed by atoms with van der Waals surface area (Å²) >= 11 is 0. The van der Waals surface area contributed by atoms with Crippen LogP contribution in [0, 0.1) is 11.6 Å². The van der Waals surface area contributed by atoms with E-state index >= 15 is 0 Å². The fourth-order valence-electron chi connectivity index (χ4n) is 1.44. The van der Waals surface area contributed by atoms with E-state index < -0.39 is 17.9 Å². The zero-order valence-electron chi connectivity index (χ0n) is 10.1. The highest BCUT2D eigenvalue weighted by atomic mass is 19.2. The normalized spacial score (nSPS) is 10.9. The predicted molar refractivity (Wildman–Crippen MR) is 58.9 cm³/mol. The average molecular weight is 246 g/mol. The summed E-state index contributed by atoms with van der Waals surface area (Å²) in [5.74, 6) is -1.71. The molecule has 0 unspecified atom stereocenters. The second-order valence-electron chi connectivity index (χ2n) is 3.25. The summed E-state index contributed by atoms with van der Waals surface area (Å²) in [5, 5.41) is 0. The lowest BCUT2D eigenvalue weighted by molar-refractivity contribution is -0.141. The van der Waals surface area contributed by atoms with Crippen molar-refractivity contribution in [3.05, 3.63) is 29.3 Å². The Labute approximate surface area is 99.3 Å². The van der Waals surface area contributed by atoms with Crippen LogP contribution >= 0.6 is 0 Å². The Balaban J connectivity index is 3.11. The molecular formula is C12H16F2O3.